The number of amides is 2. The highest BCUT2D eigenvalue weighted by Gasteiger charge is 2.36. The van der Waals surface area contributed by atoms with Crippen LogP contribution in [0.4, 0.5) is 11.4 Å². The van der Waals surface area contributed by atoms with Crippen LogP contribution in [0.3, 0.4) is 0 Å². The molecule has 4 rings (SSSR count). The number of benzene rings is 2. The van der Waals surface area contributed by atoms with E-state index in [-0.39, 0.29) is 16.2 Å². The molecule has 0 radical (unpaired) electrons. The molecular formula is C26H29N3O2S. The SMILES string of the molecule is CCc1ccc(N2C(=O)/C(=C\c3ccc4c(c3)C(C)CC(C)(C)N4C)C(=O)NC2=S)cc1. The van der Waals surface area contributed by atoms with Crippen LogP contribution in [-0.4, -0.2) is 29.5 Å². The molecule has 2 aromatic carbocycles. The van der Waals surface area contributed by atoms with Crippen molar-refractivity contribution in [2.45, 2.75) is 52.0 Å². The van der Waals surface area contributed by atoms with Crippen LogP contribution >= 0.6 is 12.2 Å². The van der Waals surface area contributed by atoms with Crippen LogP contribution in [0.2, 0.25) is 0 Å². The molecule has 166 valence electrons. The molecule has 2 aliphatic heterocycles. The molecule has 1 saturated heterocycles. The van der Waals surface area contributed by atoms with Gasteiger partial charge < -0.3 is 4.90 Å². The van der Waals surface area contributed by atoms with E-state index in [1.807, 2.05) is 30.3 Å². The van der Waals surface area contributed by atoms with Gasteiger partial charge in [0.05, 0.1) is 5.69 Å². The summed E-state index contributed by atoms with van der Waals surface area (Å²) >= 11 is 5.31. The van der Waals surface area contributed by atoms with Gasteiger partial charge in [0.2, 0.25) is 0 Å². The average molecular weight is 448 g/mol. The third-order valence-electron chi connectivity index (χ3n) is 6.67. The van der Waals surface area contributed by atoms with E-state index in [4.69, 9.17) is 12.2 Å². The van der Waals surface area contributed by atoms with Crippen molar-refractivity contribution in [2.75, 3.05) is 16.8 Å². The summed E-state index contributed by atoms with van der Waals surface area (Å²) in [5.41, 5.74) is 5.22. The summed E-state index contributed by atoms with van der Waals surface area (Å²) in [5.74, 6) is -0.496. The fourth-order valence-electron chi connectivity index (χ4n) is 4.62. The highest BCUT2D eigenvalue weighted by atomic mass is 32.1. The van der Waals surface area contributed by atoms with Crippen molar-refractivity contribution in [3.05, 3.63) is 64.7 Å². The number of anilines is 2. The van der Waals surface area contributed by atoms with E-state index in [0.717, 1.165) is 18.4 Å². The van der Waals surface area contributed by atoms with Crippen LogP contribution in [0.15, 0.2) is 48.0 Å². The molecule has 0 spiro atoms. The molecule has 1 unspecified atom stereocenters. The minimum absolute atomic E-state index is 0.0785. The summed E-state index contributed by atoms with van der Waals surface area (Å²) in [7, 11) is 2.11. The maximum absolute atomic E-state index is 13.3. The van der Waals surface area contributed by atoms with Crippen molar-refractivity contribution in [2.24, 2.45) is 0 Å². The summed E-state index contributed by atoms with van der Waals surface area (Å²) in [4.78, 5) is 29.7. The summed E-state index contributed by atoms with van der Waals surface area (Å²) in [5, 5.41) is 2.77. The van der Waals surface area contributed by atoms with Crippen LogP contribution in [0.1, 0.15) is 56.7 Å². The molecule has 0 aliphatic carbocycles. The number of nitrogens with one attached hydrogen (secondary N) is 1. The van der Waals surface area contributed by atoms with E-state index in [1.165, 1.54) is 21.7 Å². The lowest BCUT2D eigenvalue weighted by molar-refractivity contribution is -0.122. The smallest absolute Gasteiger partial charge is 0.270 e. The van der Waals surface area contributed by atoms with Crippen molar-refractivity contribution >= 4 is 46.6 Å². The highest BCUT2D eigenvalue weighted by Crippen LogP contribution is 2.42. The van der Waals surface area contributed by atoms with E-state index in [9.17, 15) is 9.59 Å². The van der Waals surface area contributed by atoms with Gasteiger partial charge in [-0.25, -0.2) is 0 Å². The Balaban J connectivity index is 1.70. The van der Waals surface area contributed by atoms with Gasteiger partial charge in [0, 0.05) is 18.3 Å². The van der Waals surface area contributed by atoms with Crippen LogP contribution in [0.5, 0.6) is 0 Å². The molecule has 0 bridgehead atoms. The first-order valence-electron chi connectivity index (χ1n) is 11.0. The molecule has 5 nitrogen and oxygen atoms in total. The highest BCUT2D eigenvalue weighted by molar-refractivity contribution is 7.80. The Labute approximate surface area is 195 Å². The van der Waals surface area contributed by atoms with Gasteiger partial charge in [-0.1, -0.05) is 32.0 Å². The maximum Gasteiger partial charge on any atom is 0.270 e. The minimum atomic E-state index is -0.467. The number of carbonyl (C=O) groups excluding carboxylic acids is 2. The number of thiocarbonyl (C=S) groups is 1. The van der Waals surface area contributed by atoms with Gasteiger partial charge in [0.25, 0.3) is 11.8 Å². The Bertz CT molecular complexity index is 1130. The van der Waals surface area contributed by atoms with E-state index in [2.05, 4.69) is 57.1 Å². The Hall–Kier alpha value is -2.99. The van der Waals surface area contributed by atoms with Gasteiger partial charge >= 0.3 is 0 Å². The molecule has 2 amide bonds. The first-order chi connectivity index (χ1) is 15.1. The Morgan fingerprint density at radius 2 is 1.84 bits per heavy atom. The molecule has 1 N–H and O–H groups in total. The summed E-state index contributed by atoms with van der Waals surface area (Å²) in [6.07, 6.45) is 3.61. The average Bonchev–Trinajstić information content (AvgIpc) is 2.75. The number of hydrogen-bond acceptors (Lipinski definition) is 4. The van der Waals surface area contributed by atoms with Crippen molar-refractivity contribution in [1.82, 2.24) is 5.32 Å². The molecule has 32 heavy (non-hydrogen) atoms. The largest absolute Gasteiger partial charge is 0.369 e. The second kappa shape index (κ2) is 8.17. The monoisotopic (exact) mass is 447 g/mol. The lowest BCUT2D eigenvalue weighted by Gasteiger charge is -2.45. The van der Waals surface area contributed by atoms with E-state index in [0.29, 0.717) is 11.6 Å². The third kappa shape index (κ3) is 3.84. The molecule has 1 fully saturated rings. The first kappa shape index (κ1) is 22.2. The van der Waals surface area contributed by atoms with Crippen LogP contribution in [0.25, 0.3) is 6.08 Å². The molecule has 6 heteroatoms. The number of aryl methyl sites for hydroxylation is 1. The van der Waals surface area contributed by atoms with E-state index >= 15 is 0 Å². The van der Waals surface area contributed by atoms with Crippen LogP contribution in [0, 0.1) is 0 Å². The fraction of sp³-hybridized carbons (Fsp3) is 0.346. The van der Waals surface area contributed by atoms with Gasteiger partial charge in [0.15, 0.2) is 5.11 Å². The fourth-order valence-corrected chi connectivity index (χ4v) is 4.91. The lowest BCUT2D eigenvalue weighted by Crippen LogP contribution is -2.54. The Kier molecular flexibility index (Phi) is 5.67. The summed E-state index contributed by atoms with van der Waals surface area (Å²) < 4.78 is 0. The van der Waals surface area contributed by atoms with Crippen LogP contribution < -0.4 is 15.1 Å². The zero-order valence-corrected chi connectivity index (χ0v) is 20.0. The lowest BCUT2D eigenvalue weighted by atomic mass is 9.80. The molecule has 2 aromatic rings. The summed E-state index contributed by atoms with van der Waals surface area (Å²) in [6.45, 7) is 8.80. The molecule has 0 aromatic heterocycles. The van der Waals surface area contributed by atoms with Crippen molar-refractivity contribution in [3.63, 3.8) is 0 Å². The summed E-state index contributed by atoms with van der Waals surface area (Å²) in [6, 6.07) is 13.8. The standard InChI is InChI=1S/C26H29N3O2S/c1-6-17-7-10-19(11-8-17)29-24(31)21(23(30)27-25(29)32)14-18-9-12-22-20(13-18)16(2)15-26(3,4)28(22)5/h7-14,16H,6,15H2,1-5H3,(H,27,30,32)/b21-14-. The molecule has 0 saturated carbocycles. The normalized spacial score (nSPS) is 21.6. The van der Waals surface area contributed by atoms with Gasteiger partial charge in [-0.2, -0.15) is 0 Å². The number of hydrogen-bond donors (Lipinski definition) is 1. The molecular weight excluding hydrogens is 418 g/mol. The van der Waals surface area contributed by atoms with Crippen molar-refractivity contribution < 1.29 is 9.59 Å². The topological polar surface area (TPSA) is 52.7 Å². The third-order valence-corrected chi connectivity index (χ3v) is 6.96. The number of carbonyl (C=O) groups is 2. The van der Waals surface area contributed by atoms with Gasteiger partial charge in [-0.05, 0) is 91.9 Å². The van der Waals surface area contributed by atoms with E-state index in [1.54, 1.807) is 6.08 Å². The van der Waals surface area contributed by atoms with E-state index < -0.39 is 11.8 Å². The second-order valence-corrected chi connectivity index (χ2v) is 9.66. The zero-order chi connectivity index (χ0) is 23.2. The zero-order valence-electron chi connectivity index (χ0n) is 19.2. The van der Waals surface area contributed by atoms with Gasteiger partial charge in [0.1, 0.15) is 5.57 Å². The van der Waals surface area contributed by atoms with Gasteiger partial charge in [-0.15, -0.1) is 0 Å². The minimum Gasteiger partial charge on any atom is -0.369 e. The Morgan fingerprint density at radius 1 is 1.16 bits per heavy atom. The second-order valence-electron chi connectivity index (χ2n) is 9.27. The van der Waals surface area contributed by atoms with Gasteiger partial charge in [-0.3, -0.25) is 19.8 Å². The molecule has 2 aliphatic rings. The predicted molar refractivity (Wildman–Crippen MR) is 134 cm³/mol. The van der Waals surface area contributed by atoms with Crippen molar-refractivity contribution in [3.8, 4) is 0 Å². The Morgan fingerprint density at radius 3 is 2.50 bits per heavy atom. The number of rotatable bonds is 3. The quantitative estimate of drug-likeness (QED) is 0.417. The maximum atomic E-state index is 13.3. The van der Waals surface area contributed by atoms with Crippen molar-refractivity contribution in [1.29, 1.82) is 0 Å². The number of fused-ring (bicyclic) bond motifs is 1. The van der Waals surface area contributed by atoms with Crippen LogP contribution in [-0.2, 0) is 16.0 Å². The first-order valence-corrected chi connectivity index (χ1v) is 11.4. The molecule has 2 heterocycles. The predicted octanol–water partition coefficient (Wildman–Crippen LogP) is 4.80. The number of nitrogens with zero attached hydrogens (tertiary/aromatic N) is 2. The molecule has 1 atom stereocenters.